The van der Waals surface area contributed by atoms with Gasteiger partial charge in [0.15, 0.2) is 0 Å². The topological polar surface area (TPSA) is 71.6 Å². The number of halogens is 2. The summed E-state index contributed by atoms with van der Waals surface area (Å²) in [6, 6.07) is 12.1. The van der Waals surface area contributed by atoms with Crippen LogP contribution in [0.5, 0.6) is 0 Å². The van der Waals surface area contributed by atoms with Gasteiger partial charge in [0.05, 0.1) is 25.2 Å². The number of benzene rings is 1. The first-order valence-electron chi connectivity index (χ1n) is 5.10. The van der Waals surface area contributed by atoms with Gasteiger partial charge < -0.3 is 10.6 Å². The summed E-state index contributed by atoms with van der Waals surface area (Å²) in [5, 5.41) is 22.8. The predicted octanol–water partition coefficient (Wildman–Crippen LogP) is 1.76. The second-order valence-electron chi connectivity index (χ2n) is 3.34. The number of nitrogens with zero attached hydrogens (tertiary/aromatic N) is 2. The highest BCUT2D eigenvalue weighted by atomic mass is 35.5. The third-order valence-electron chi connectivity index (χ3n) is 2.06. The quantitative estimate of drug-likeness (QED) is 0.617. The maximum atomic E-state index is 8.39. The maximum Gasteiger partial charge on any atom is 0.0843 e. The zero-order valence-electron chi connectivity index (χ0n) is 9.85. The molecule has 0 amide bonds. The van der Waals surface area contributed by atoms with Crippen molar-refractivity contribution in [2.75, 3.05) is 13.1 Å². The Balaban J connectivity index is 0. The van der Waals surface area contributed by atoms with Crippen LogP contribution in [0.4, 0.5) is 0 Å². The Bertz CT molecular complexity index is 374. The van der Waals surface area contributed by atoms with E-state index in [1.54, 1.807) is 0 Å². The van der Waals surface area contributed by atoms with Crippen LogP contribution in [0.2, 0.25) is 0 Å². The normalized spacial score (nSPS) is 8.33. The summed E-state index contributed by atoms with van der Waals surface area (Å²) >= 11 is 0. The van der Waals surface area contributed by atoms with Gasteiger partial charge in [-0.15, -0.1) is 24.8 Å². The average molecular weight is 287 g/mol. The summed E-state index contributed by atoms with van der Waals surface area (Å²) in [7, 11) is 0. The SMILES string of the molecule is Cl.Cl.N#CCNCc1cccc(CNCC#N)c1. The molecular formula is C12H16Cl2N4. The lowest BCUT2D eigenvalue weighted by molar-refractivity contribution is 0.749. The van der Waals surface area contributed by atoms with Crippen LogP contribution < -0.4 is 10.6 Å². The van der Waals surface area contributed by atoms with E-state index in [9.17, 15) is 0 Å². The molecule has 6 heteroatoms. The third-order valence-corrected chi connectivity index (χ3v) is 2.06. The van der Waals surface area contributed by atoms with Crippen molar-refractivity contribution in [3.63, 3.8) is 0 Å². The molecule has 0 atom stereocenters. The van der Waals surface area contributed by atoms with Crippen LogP contribution in [0, 0.1) is 22.7 Å². The van der Waals surface area contributed by atoms with E-state index in [0.29, 0.717) is 26.2 Å². The smallest absolute Gasteiger partial charge is 0.0843 e. The van der Waals surface area contributed by atoms with Gasteiger partial charge in [0.2, 0.25) is 0 Å². The Hall–Kier alpha value is -1.30. The van der Waals surface area contributed by atoms with E-state index in [1.165, 1.54) is 0 Å². The molecule has 0 aliphatic rings. The van der Waals surface area contributed by atoms with Crippen LogP contribution >= 0.6 is 24.8 Å². The van der Waals surface area contributed by atoms with Crippen LogP contribution in [-0.2, 0) is 13.1 Å². The Morgan fingerprint density at radius 1 is 0.889 bits per heavy atom. The number of hydrogen-bond donors (Lipinski definition) is 2. The fourth-order valence-corrected chi connectivity index (χ4v) is 1.38. The predicted molar refractivity (Wildman–Crippen MR) is 75.6 cm³/mol. The van der Waals surface area contributed by atoms with Crippen molar-refractivity contribution < 1.29 is 0 Å². The molecule has 0 saturated carbocycles. The van der Waals surface area contributed by atoms with E-state index in [2.05, 4.69) is 16.7 Å². The van der Waals surface area contributed by atoms with Gasteiger partial charge in [-0.3, -0.25) is 0 Å². The minimum atomic E-state index is 0. The molecule has 0 saturated heterocycles. The summed E-state index contributed by atoms with van der Waals surface area (Å²) in [6.07, 6.45) is 0. The third kappa shape index (κ3) is 7.89. The maximum absolute atomic E-state index is 8.39. The molecule has 0 unspecified atom stereocenters. The van der Waals surface area contributed by atoms with Crippen molar-refractivity contribution in [3.05, 3.63) is 35.4 Å². The Labute approximate surface area is 120 Å². The lowest BCUT2D eigenvalue weighted by Crippen LogP contribution is -2.15. The minimum absolute atomic E-state index is 0. The van der Waals surface area contributed by atoms with Crippen molar-refractivity contribution in [1.82, 2.24) is 10.6 Å². The molecule has 1 aromatic carbocycles. The van der Waals surface area contributed by atoms with Crippen molar-refractivity contribution in [1.29, 1.82) is 10.5 Å². The monoisotopic (exact) mass is 286 g/mol. The summed E-state index contributed by atoms with van der Waals surface area (Å²) in [5.74, 6) is 0. The highest BCUT2D eigenvalue weighted by molar-refractivity contribution is 5.85. The lowest BCUT2D eigenvalue weighted by Gasteiger charge is -2.05. The molecule has 0 radical (unpaired) electrons. The molecular weight excluding hydrogens is 271 g/mol. The van der Waals surface area contributed by atoms with E-state index in [0.717, 1.165) is 11.1 Å². The molecule has 0 aliphatic heterocycles. The number of nitrogens with one attached hydrogen (secondary N) is 2. The number of rotatable bonds is 6. The molecule has 98 valence electrons. The Morgan fingerprint density at radius 3 is 1.72 bits per heavy atom. The van der Waals surface area contributed by atoms with Crippen LogP contribution in [0.15, 0.2) is 24.3 Å². The molecule has 0 aliphatic carbocycles. The van der Waals surface area contributed by atoms with Gasteiger partial charge in [-0.2, -0.15) is 10.5 Å². The van der Waals surface area contributed by atoms with Crippen molar-refractivity contribution >= 4 is 24.8 Å². The summed E-state index contributed by atoms with van der Waals surface area (Å²) < 4.78 is 0. The zero-order valence-corrected chi connectivity index (χ0v) is 11.5. The molecule has 1 aromatic rings. The molecule has 4 nitrogen and oxygen atoms in total. The molecule has 18 heavy (non-hydrogen) atoms. The van der Waals surface area contributed by atoms with Gasteiger partial charge in [-0.25, -0.2) is 0 Å². The lowest BCUT2D eigenvalue weighted by atomic mass is 10.1. The number of nitriles is 2. The first-order valence-corrected chi connectivity index (χ1v) is 5.10. The fraction of sp³-hybridized carbons (Fsp3) is 0.333. The van der Waals surface area contributed by atoms with Crippen LogP contribution in [0.25, 0.3) is 0 Å². The van der Waals surface area contributed by atoms with Crippen LogP contribution in [-0.4, -0.2) is 13.1 Å². The van der Waals surface area contributed by atoms with E-state index >= 15 is 0 Å². The summed E-state index contributed by atoms with van der Waals surface area (Å²) in [6.45, 7) is 2.10. The Kier molecular flexibility index (Phi) is 12.9. The Morgan fingerprint density at radius 2 is 1.33 bits per heavy atom. The van der Waals surface area contributed by atoms with Crippen molar-refractivity contribution in [2.45, 2.75) is 13.1 Å². The van der Waals surface area contributed by atoms with Crippen LogP contribution in [0.1, 0.15) is 11.1 Å². The van der Waals surface area contributed by atoms with Gasteiger partial charge >= 0.3 is 0 Å². The zero-order chi connectivity index (χ0) is 11.6. The molecule has 0 spiro atoms. The highest BCUT2D eigenvalue weighted by Gasteiger charge is 1.95. The van der Waals surface area contributed by atoms with Gasteiger partial charge in [0, 0.05) is 13.1 Å². The fourth-order valence-electron chi connectivity index (χ4n) is 1.38. The average Bonchev–Trinajstić information content (AvgIpc) is 2.30. The molecule has 2 N–H and O–H groups in total. The first-order chi connectivity index (χ1) is 7.86. The standard InChI is InChI=1S/C12H14N4.2ClH/c13-4-6-15-9-11-2-1-3-12(8-11)10-16-7-5-14;;/h1-3,8,15-16H,6-7,9-10H2;2*1H. The molecule has 0 heterocycles. The van der Waals surface area contributed by atoms with E-state index in [1.807, 2.05) is 30.3 Å². The first kappa shape index (κ1) is 19.0. The number of hydrogen-bond acceptors (Lipinski definition) is 4. The molecule has 0 aromatic heterocycles. The van der Waals surface area contributed by atoms with Crippen molar-refractivity contribution in [3.8, 4) is 12.1 Å². The second kappa shape index (κ2) is 12.2. The van der Waals surface area contributed by atoms with Crippen molar-refractivity contribution in [2.24, 2.45) is 0 Å². The molecule has 1 rings (SSSR count). The second-order valence-corrected chi connectivity index (χ2v) is 3.34. The molecule has 0 bridgehead atoms. The summed E-state index contributed by atoms with van der Waals surface area (Å²) in [4.78, 5) is 0. The van der Waals surface area contributed by atoms with E-state index in [-0.39, 0.29) is 24.8 Å². The van der Waals surface area contributed by atoms with E-state index < -0.39 is 0 Å². The van der Waals surface area contributed by atoms with Crippen LogP contribution in [0.3, 0.4) is 0 Å². The van der Waals surface area contributed by atoms with Gasteiger partial charge in [0.1, 0.15) is 0 Å². The van der Waals surface area contributed by atoms with Gasteiger partial charge in [-0.05, 0) is 11.1 Å². The minimum Gasteiger partial charge on any atom is -0.300 e. The largest absolute Gasteiger partial charge is 0.300 e. The molecule has 0 fully saturated rings. The van der Waals surface area contributed by atoms with E-state index in [4.69, 9.17) is 10.5 Å². The van der Waals surface area contributed by atoms with Gasteiger partial charge in [-0.1, -0.05) is 24.3 Å². The highest BCUT2D eigenvalue weighted by Crippen LogP contribution is 2.04. The van der Waals surface area contributed by atoms with Gasteiger partial charge in [0.25, 0.3) is 0 Å². The summed E-state index contributed by atoms with van der Waals surface area (Å²) in [5.41, 5.74) is 2.29.